The Morgan fingerprint density at radius 2 is 2.04 bits per heavy atom. The number of nitrogens with one attached hydrogen (secondary N) is 1. The Hall–Kier alpha value is -3.20. The molecule has 0 saturated heterocycles. The van der Waals surface area contributed by atoms with Gasteiger partial charge in [0.1, 0.15) is 0 Å². The number of benzene rings is 1. The van der Waals surface area contributed by atoms with Crippen molar-refractivity contribution in [3.63, 3.8) is 0 Å². The van der Waals surface area contributed by atoms with Gasteiger partial charge in [-0.1, -0.05) is 12.1 Å². The van der Waals surface area contributed by atoms with Crippen LogP contribution in [0.5, 0.6) is 0 Å². The highest BCUT2D eigenvalue weighted by molar-refractivity contribution is 6.03. The summed E-state index contributed by atoms with van der Waals surface area (Å²) in [5.74, 6) is -0.0984. The summed E-state index contributed by atoms with van der Waals surface area (Å²) in [6, 6.07) is 8.38. The van der Waals surface area contributed by atoms with E-state index >= 15 is 0 Å². The SMILES string of the molecule is COCc1ccc(C(=O)Nc2cn(Cc3cccc(C(F)(F)F)c3)cn2)cn1. The molecular weight excluding hydrogens is 373 g/mol. The minimum atomic E-state index is -4.39. The molecule has 0 aliphatic heterocycles. The van der Waals surface area contributed by atoms with Crippen molar-refractivity contribution in [1.82, 2.24) is 14.5 Å². The Labute approximate surface area is 159 Å². The van der Waals surface area contributed by atoms with Crippen LogP contribution in [0.15, 0.2) is 55.1 Å². The number of imidazole rings is 1. The van der Waals surface area contributed by atoms with Crippen LogP contribution < -0.4 is 5.32 Å². The van der Waals surface area contributed by atoms with Gasteiger partial charge < -0.3 is 14.6 Å². The van der Waals surface area contributed by atoms with Crippen molar-refractivity contribution in [2.24, 2.45) is 0 Å². The first kappa shape index (κ1) is 19.6. The highest BCUT2D eigenvalue weighted by atomic mass is 19.4. The molecule has 0 spiro atoms. The van der Waals surface area contributed by atoms with Gasteiger partial charge >= 0.3 is 6.18 Å². The fraction of sp³-hybridized carbons (Fsp3) is 0.211. The summed E-state index contributed by atoms with van der Waals surface area (Å²) >= 11 is 0. The zero-order valence-corrected chi connectivity index (χ0v) is 14.9. The third kappa shape index (κ3) is 4.95. The standard InChI is InChI=1S/C19H17F3N4O2/c1-28-11-16-6-5-14(8-23-16)18(27)25-17-10-26(12-24-17)9-13-3-2-4-15(7-13)19(20,21)22/h2-8,10,12H,9,11H2,1H3,(H,25,27). The van der Waals surface area contributed by atoms with Crippen LogP contribution in [-0.4, -0.2) is 27.6 Å². The molecule has 9 heteroatoms. The number of anilines is 1. The van der Waals surface area contributed by atoms with Gasteiger partial charge in [0.15, 0.2) is 5.82 Å². The fourth-order valence-electron chi connectivity index (χ4n) is 2.55. The molecule has 3 aromatic rings. The largest absolute Gasteiger partial charge is 0.416 e. The average molecular weight is 390 g/mol. The number of rotatable bonds is 6. The number of ether oxygens (including phenoxy) is 1. The summed E-state index contributed by atoms with van der Waals surface area (Å²) in [6.07, 6.45) is 0.0287. The lowest BCUT2D eigenvalue weighted by atomic mass is 10.1. The summed E-state index contributed by atoms with van der Waals surface area (Å²) < 4.78 is 45.0. The molecule has 1 aromatic carbocycles. The van der Waals surface area contributed by atoms with Crippen LogP contribution in [0.25, 0.3) is 0 Å². The Morgan fingerprint density at radius 3 is 2.71 bits per heavy atom. The normalized spacial score (nSPS) is 11.4. The van der Waals surface area contributed by atoms with Gasteiger partial charge in [0.25, 0.3) is 5.91 Å². The van der Waals surface area contributed by atoms with E-state index in [0.717, 1.165) is 12.1 Å². The van der Waals surface area contributed by atoms with Crippen molar-refractivity contribution >= 4 is 11.7 Å². The van der Waals surface area contributed by atoms with Crippen molar-refractivity contribution in [2.75, 3.05) is 12.4 Å². The van der Waals surface area contributed by atoms with Crippen molar-refractivity contribution in [3.8, 4) is 0 Å². The van der Waals surface area contributed by atoms with Gasteiger partial charge in [0.2, 0.25) is 0 Å². The lowest BCUT2D eigenvalue weighted by molar-refractivity contribution is -0.137. The first-order valence-corrected chi connectivity index (χ1v) is 8.28. The Bertz CT molecular complexity index is 952. The Morgan fingerprint density at radius 1 is 1.21 bits per heavy atom. The number of carbonyl (C=O) groups excluding carboxylic acids is 1. The van der Waals surface area contributed by atoms with E-state index in [1.54, 1.807) is 36.1 Å². The number of hydrogen-bond acceptors (Lipinski definition) is 4. The first-order valence-electron chi connectivity index (χ1n) is 8.28. The minimum Gasteiger partial charge on any atom is -0.378 e. The molecule has 28 heavy (non-hydrogen) atoms. The monoisotopic (exact) mass is 390 g/mol. The molecule has 0 radical (unpaired) electrons. The van der Waals surface area contributed by atoms with Gasteiger partial charge in [0.05, 0.1) is 29.8 Å². The van der Waals surface area contributed by atoms with E-state index in [2.05, 4.69) is 15.3 Å². The zero-order chi connectivity index (χ0) is 20.1. The second kappa shape index (κ2) is 8.22. The van der Waals surface area contributed by atoms with Gasteiger partial charge in [0, 0.05) is 26.0 Å². The van der Waals surface area contributed by atoms with Crippen LogP contribution in [0.2, 0.25) is 0 Å². The van der Waals surface area contributed by atoms with Crippen molar-refractivity contribution in [1.29, 1.82) is 0 Å². The molecule has 0 unspecified atom stereocenters. The second-order valence-corrected chi connectivity index (χ2v) is 6.05. The molecule has 6 nitrogen and oxygen atoms in total. The average Bonchev–Trinajstić information content (AvgIpc) is 3.09. The zero-order valence-electron chi connectivity index (χ0n) is 14.9. The number of nitrogens with zero attached hydrogens (tertiary/aromatic N) is 3. The third-order valence-corrected chi connectivity index (χ3v) is 3.87. The van der Waals surface area contributed by atoms with Crippen LogP contribution in [0, 0.1) is 0 Å². The predicted octanol–water partition coefficient (Wildman–Crippen LogP) is 3.74. The number of aromatic nitrogens is 3. The fourth-order valence-corrected chi connectivity index (χ4v) is 2.55. The van der Waals surface area contributed by atoms with E-state index in [1.165, 1.54) is 18.6 Å². The summed E-state index contributed by atoms with van der Waals surface area (Å²) in [6.45, 7) is 0.544. The number of methoxy groups -OCH3 is 1. The Kier molecular flexibility index (Phi) is 5.74. The van der Waals surface area contributed by atoms with E-state index in [-0.39, 0.29) is 18.3 Å². The van der Waals surface area contributed by atoms with Gasteiger partial charge in [-0.3, -0.25) is 9.78 Å². The predicted molar refractivity (Wildman–Crippen MR) is 95.7 cm³/mol. The molecule has 146 valence electrons. The molecule has 0 saturated carbocycles. The number of pyridine rings is 1. The molecule has 0 aliphatic rings. The molecule has 3 rings (SSSR count). The smallest absolute Gasteiger partial charge is 0.378 e. The minimum absolute atomic E-state index is 0.195. The van der Waals surface area contributed by atoms with Crippen LogP contribution in [0.4, 0.5) is 19.0 Å². The molecule has 1 N–H and O–H groups in total. The van der Waals surface area contributed by atoms with Gasteiger partial charge in [-0.2, -0.15) is 13.2 Å². The van der Waals surface area contributed by atoms with Gasteiger partial charge in [-0.25, -0.2) is 4.98 Å². The molecule has 1 amide bonds. The highest BCUT2D eigenvalue weighted by Gasteiger charge is 2.30. The van der Waals surface area contributed by atoms with Crippen LogP contribution >= 0.6 is 0 Å². The number of carbonyl (C=O) groups is 1. The lowest BCUT2D eigenvalue weighted by Crippen LogP contribution is -2.12. The van der Waals surface area contributed by atoms with Crippen LogP contribution in [-0.2, 0) is 24.1 Å². The number of halogens is 3. The third-order valence-electron chi connectivity index (χ3n) is 3.87. The van der Waals surface area contributed by atoms with Crippen LogP contribution in [0.3, 0.4) is 0 Å². The molecule has 2 heterocycles. The van der Waals surface area contributed by atoms with Crippen molar-refractivity contribution in [2.45, 2.75) is 19.3 Å². The van der Waals surface area contributed by atoms with Gasteiger partial charge in [-0.15, -0.1) is 0 Å². The van der Waals surface area contributed by atoms with E-state index in [1.807, 2.05) is 0 Å². The second-order valence-electron chi connectivity index (χ2n) is 6.05. The van der Waals surface area contributed by atoms with E-state index in [4.69, 9.17) is 4.74 Å². The summed E-state index contributed by atoms with van der Waals surface area (Å²) in [7, 11) is 1.55. The summed E-state index contributed by atoms with van der Waals surface area (Å²) in [4.78, 5) is 20.4. The summed E-state index contributed by atoms with van der Waals surface area (Å²) in [5.41, 5.74) is 0.822. The molecule has 2 aromatic heterocycles. The summed E-state index contributed by atoms with van der Waals surface area (Å²) in [5, 5.41) is 2.63. The Balaban J connectivity index is 1.65. The maximum atomic E-state index is 12.8. The lowest BCUT2D eigenvalue weighted by Gasteiger charge is -2.09. The van der Waals surface area contributed by atoms with Crippen molar-refractivity contribution in [3.05, 3.63) is 77.5 Å². The first-order chi connectivity index (χ1) is 13.3. The molecular formula is C19H17F3N4O2. The van der Waals surface area contributed by atoms with E-state index < -0.39 is 11.7 Å². The molecule has 0 fully saturated rings. The van der Waals surface area contributed by atoms with E-state index in [0.29, 0.717) is 23.4 Å². The number of alkyl halides is 3. The quantitative estimate of drug-likeness (QED) is 0.696. The van der Waals surface area contributed by atoms with Crippen LogP contribution in [0.1, 0.15) is 27.2 Å². The highest BCUT2D eigenvalue weighted by Crippen LogP contribution is 2.29. The maximum absolute atomic E-state index is 12.8. The molecule has 0 aliphatic carbocycles. The molecule has 0 atom stereocenters. The maximum Gasteiger partial charge on any atom is 0.416 e. The topological polar surface area (TPSA) is 69.0 Å². The number of amides is 1. The van der Waals surface area contributed by atoms with E-state index in [9.17, 15) is 18.0 Å². The van der Waals surface area contributed by atoms with Gasteiger partial charge in [-0.05, 0) is 29.8 Å². The number of hydrogen-bond donors (Lipinski definition) is 1. The molecule has 0 bridgehead atoms. The van der Waals surface area contributed by atoms with Crippen molar-refractivity contribution < 1.29 is 22.7 Å².